The summed E-state index contributed by atoms with van der Waals surface area (Å²) < 4.78 is 26.4. The highest BCUT2D eigenvalue weighted by molar-refractivity contribution is 5.26. The summed E-state index contributed by atoms with van der Waals surface area (Å²) in [6.45, 7) is 5.27. The van der Waals surface area contributed by atoms with E-state index >= 15 is 0 Å². The number of halogens is 2. The number of hydrogen-bond acceptors (Lipinski definition) is 1. The van der Waals surface area contributed by atoms with E-state index in [4.69, 9.17) is 0 Å². The molecule has 0 bridgehead atoms. The summed E-state index contributed by atoms with van der Waals surface area (Å²) in [5, 5.41) is 3.45. The van der Waals surface area contributed by atoms with Crippen molar-refractivity contribution in [3.63, 3.8) is 0 Å². The van der Waals surface area contributed by atoms with Gasteiger partial charge in [-0.15, -0.1) is 0 Å². The van der Waals surface area contributed by atoms with Gasteiger partial charge in [0, 0.05) is 12.1 Å². The van der Waals surface area contributed by atoms with Crippen molar-refractivity contribution in [1.82, 2.24) is 5.32 Å². The first-order chi connectivity index (χ1) is 8.13. The molecule has 0 amide bonds. The average Bonchev–Trinajstić information content (AvgIpc) is 2.30. The second-order valence-corrected chi connectivity index (χ2v) is 4.93. The first kappa shape index (κ1) is 12.5. The van der Waals surface area contributed by atoms with Crippen LogP contribution in [0.1, 0.15) is 38.2 Å². The zero-order valence-corrected chi connectivity index (χ0v) is 10.3. The highest BCUT2D eigenvalue weighted by atomic mass is 19.1. The van der Waals surface area contributed by atoms with Gasteiger partial charge in [-0.2, -0.15) is 0 Å². The Hall–Kier alpha value is -0.960. The van der Waals surface area contributed by atoms with Crippen LogP contribution >= 0.6 is 0 Å². The molecule has 94 valence electrons. The van der Waals surface area contributed by atoms with Crippen molar-refractivity contribution >= 4 is 0 Å². The highest BCUT2D eigenvalue weighted by Crippen LogP contribution is 2.43. The number of rotatable bonds is 4. The molecule has 0 radical (unpaired) electrons. The second-order valence-electron chi connectivity index (χ2n) is 4.93. The summed E-state index contributed by atoms with van der Waals surface area (Å²) in [6.07, 6.45) is 2.06. The molecule has 1 aliphatic rings. The van der Waals surface area contributed by atoms with Crippen molar-refractivity contribution < 1.29 is 8.78 Å². The van der Waals surface area contributed by atoms with Crippen molar-refractivity contribution in [2.45, 2.75) is 38.6 Å². The van der Waals surface area contributed by atoms with Gasteiger partial charge in [0.25, 0.3) is 0 Å². The zero-order chi connectivity index (χ0) is 12.4. The van der Waals surface area contributed by atoms with E-state index in [9.17, 15) is 8.78 Å². The molecule has 0 saturated heterocycles. The van der Waals surface area contributed by atoms with E-state index in [1.165, 1.54) is 6.07 Å². The van der Waals surface area contributed by atoms with Crippen LogP contribution in [0.25, 0.3) is 0 Å². The van der Waals surface area contributed by atoms with Crippen LogP contribution in [0.5, 0.6) is 0 Å². The summed E-state index contributed by atoms with van der Waals surface area (Å²) in [5.74, 6) is -0.263. The third kappa shape index (κ3) is 2.49. The molecule has 3 heteroatoms. The Morgan fingerprint density at radius 2 is 2.12 bits per heavy atom. The van der Waals surface area contributed by atoms with Crippen LogP contribution in [0, 0.1) is 17.6 Å². The Labute approximate surface area is 101 Å². The highest BCUT2D eigenvalue weighted by Gasteiger charge is 2.39. The third-order valence-corrected chi connectivity index (χ3v) is 3.80. The first-order valence-corrected chi connectivity index (χ1v) is 6.31. The lowest BCUT2D eigenvalue weighted by atomic mass is 9.67. The van der Waals surface area contributed by atoms with Crippen LogP contribution in [-0.4, -0.2) is 12.6 Å². The molecule has 1 N–H and O–H groups in total. The lowest BCUT2D eigenvalue weighted by Crippen LogP contribution is -2.48. The summed E-state index contributed by atoms with van der Waals surface area (Å²) in [7, 11) is 0. The molecular weight excluding hydrogens is 220 g/mol. The maximum Gasteiger partial charge on any atom is 0.129 e. The lowest BCUT2D eigenvalue weighted by Gasteiger charge is -2.43. The van der Waals surface area contributed by atoms with Gasteiger partial charge in [0.1, 0.15) is 11.6 Å². The van der Waals surface area contributed by atoms with Gasteiger partial charge in [-0.25, -0.2) is 8.78 Å². The van der Waals surface area contributed by atoms with E-state index in [1.54, 1.807) is 6.07 Å². The molecular formula is C14H19F2N. The number of benzene rings is 1. The first-order valence-electron chi connectivity index (χ1n) is 6.31. The van der Waals surface area contributed by atoms with Crippen LogP contribution < -0.4 is 5.32 Å². The van der Waals surface area contributed by atoms with Crippen LogP contribution in [0.3, 0.4) is 0 Å². The molecule has 1 aliphatic carbocycles. The van der Waals surface area contributed by atoms with E-state index in [2.05, 4.69) is 19.2 Å². The largest absolute Gasteiger partial charge is 0.314 e. The van der Waals surface area contributed by atoms with E-state index in [0.29, 0.717) is 17.5 Å². The minimum absolute atomic E-state index is 0.227. The normalized spacial score (nSPS) is 27.9. The topological polar surface area (TPSA) is 12.0 Å². The lowest BCUT2D eigenvalue weighted by molar-refractivity contribution is 0.181. The number of hydrogen-bond donors (Lipinski definition) is 1. The maximum absolute atomic E-state index is 13.6. The predicted molar refractivity (Wildman–Crippen MR) is 65.0 cm³/mol. The Morgan fingerprint density at radius 1 is 1.35 bits per heavy atom. The van der Waals surface area contributed by atoms with E-state index in [0.717, 1.165) is 25.5 Å². The van der Waals surface area contributed by atoms with Crippen molar-refractivity contribution in [3.05, 3.63) is 35.4 Å². The van der Waals surface area contributed by atoms with Gasteiger partial charge in [0.2, 0.25) is 0 Å². The van der Waals surface area contributed by atoms with Crippen LogP contribution in [0.4, 0.5) is 8.78 Å². The van der Waals surface area contributed by atoms with Gasteiger partial charge in [-0.1, -0.05) is 19.9 Å². The fourth-order valence-electron chi connectivity index (χ4n) is 2.60. The molecule has 0 aromatic heterocycles. The Kier molecular flexibility index (Phi) is 3.77. The standard InChI is InChI=1S/C14H19F2N/c1-3-6-17-14-8-12(9(14)2)11-5-4-10(15)7-13(11)16/h4-5,7,9,12,14,17H,3,6,8H2,1-2H3. The second kappa shape index (κ2) is 5.13. The maximum atomic E-state index is 13.6. The average molecular weight is 239 g/mol. The fraction of sp³-hybridized carbons (Fsp3) is 0.571. The van der Waals surface area contributed by atoms with E-state index < -0.39 is 11.6 Å². The molecule has 0 aliphatic heterocycles. The fourth-order valence-corrected chi connectivity index (χ4v) is 2.60. The Bertz CT molecular complexity index is 392. The van der Waals surface area contributed by atoms with Gasteiger partial charge in [0.15, 0.2) is 0 Å². The van der Waals surface area contributed by atoms with Crippen LogP contribution in [-0.2, 0) is 0 Å². The van der Waals surface area contributed by atoms with Crippen molar-refractivity contribution in [2.75, 3.05) is 6.54 Å². The van der Waals surface area contributed by atoms with Gasteiger partial charge in [-0.3, -0.25) is 0 Å². The van der Waals surface area contributed by atoms with Crippen molar-refractivity contribution in [1.29, 1.82) is 0 Å². The van der Waals surface area contributed by atoms with Gasteiger partial charge in [-0.05, 0) is 42.9 Å². The molecule has 1 saturated carbocycles. The third-order valence-electron chi connectivity index (χ3n) is 3.80. The van der Waals surface area contributed by atoms with E-state index in [-0.39, 0.29) is 5.92 Å². The Morgan fingerprint density at radius 3 is 2.71 bits per heavy atom. The van der Waals surface area contributed by atoms with Gasteiger partial charge >= 0.3 is 0 Å². The van der Waals surface area contributed by atoms with Crippen molar-refractivity contribution in [2.24, 2.45) is 5.92 Å². The molecule has 2 rings (SSSR count). The number of nitrogens with one attached hydrogen (secondary N) is 1. The minimum atomic E-state index is -0.501. The SMILES string of the molecule is CCCNC1CC(c2ccc(F)cc2F)C1C. The van der Waals surface area contributed by atoms with Crippen molar-refractivity contribution in [3.8, 4) is 0 Å². The zero-order valence-electron chi connectivity index (χ0n) is 10.3. The molecule has 1 aromatic carbocycles. The molecule has 3 unspecified atom stereocenters. The molecule has 1 nitrogen and oxygen atoms in total. The molecule has 0 heterocycles. The summed E-state index contributed by atoms with van der Waals surface area (Å²) in [6, 6.07) is 4.39. The van der Waals surface area contributed by atoms with Gasteiger partial charge in [0.05, 0.1) is 0 Å². The van der Waals surface area contributed by atoms with Gasteiger partial charge < -0.3 is 5.32 Å². The van der Waals surface area contributed by atoms with Crippen LogP contribution in [0.15, 0.2) is 18.2 Å². The molecule has 3 atom stereocenters. The molecule has 17 heavy (non-hydrogen) atoms. The predicted octanol–water partition coefficient (Wildman–Crippen LogP) is 3.46. The van der Waals surface area contributed by atoms with Crippen LogP contribution in [0.2, 0.25) is 0 Å². The summed E-state index contributed by atoms with van der Waals surface area (Å²) >= 11 is 0. The minimum Gasteiger partial charge on any atom is -0.314 e. The molecule has 1 aromatic rings. The monoisotopic (exact) mass is 239 g/mol. The smallest absolute Gasteiger partial charge is 0.129 e. The quantitative estimate of drug-likeness (QED) is 0.848. The molecule has 1 fully saturated rings. The molecule has 0 spiro atoms. The Balaban J connectivity index is 2.01. The summed E-state index contributed by atoms with van der Waals surface area (Å²) in [5.41, 5.74) is 0.661. The van der Waals surface area contributed by atoms with E-state index in [1.807, 2.05) is 0 Å². The summed E-state index contributed by atoms with van der Waals surface area (Å²) in [4.78, 5) is 0.